The van der Waals surface area contributed by atoms with E-state index in [9.17, 15) is 4.79 Å². The first-order valence-corrected chi connectivity index (χ1v) is 2.65. The molecule has 2 rings (SSSR count). The first-order chi connectivity index (χ1) is 3.79. The number of fused-ring (bicyclic) bond motifs is 1. The zero-order valence-electron chi connectivity index (χ0n) is 4.20. The Hall–Kier alpha value is -0.410. The molecule has 1 aliphatic carbocycles. The van der Waals surface area contributed by atoms with Crippen LogP contribution in [0.3, 0.4) is 0 Å². The summed E-state index contributed by atoms with van der Waals surface area (Å²) in [7, 11) is 0. The monoisotopic (exact) mass is 114 g/mol. The van der Waals surface area contributed by atoms with Crippen molar-refractivity contribution in [1.82, 2.24) is 0 Å². The molecular weight excluding hydrogens is 108 g/mol. The standard InChI is InChI=1S/C5H6O3/c6-2-1-3(7)5-4(2)8-5/h2,4-6H,1H2. The van der Waals surface area contributed by atoms with Crippen LogP contribution in [-0.4, -0.2) is 29.2 Å². The fraction of sp³-hybridized carbons (Fsp3) is 0.800. The predicted molar refractivity (Wildman–Crippen MR) is 24.3 cm³/mol. The van der Waals surface area contributed by atoms with Crippen LogP contribution in [0, 0.1) is 0 Å². The van der Waals surface area contributed by atoms with Crippen molar-refractivity contribution in [1.29, 1.82) is 0 Å². The largest absolute Gasteiger partial charge is 0.390 e. The molecular formula is C5H6O3. The summed E-state index contributed by atoms with van der Waals surface area (Å²) in [5.41, 5.74) is 0. The van der Waals surface area contributed by atoms with Gasteiger partial charge in [-0.1, -0.05) is 0 Å². The maximum atomic E-state index is 10.5. The van der Waals surface area contributed by atoms with E-state index in [-0.39, 0.29) is 18.0 Å². The molecule has 0 aromatic heterocycles. The number of carbonyl (C=O) groups is 1. The highest BCUT2D eigenvalue weighted by molar-refractivity contribution is 5.89. The van der Waals surface area contributed by atoms with Gasteiger partial charge in [-0.15, -0.1) is 0 Å². The minimum atomic E-state index is -0.507. The second-order valence-electron chi connectivity index (χ2n) is 2.26. The number of epoxide rings is 1. The van der Waals surface area contributed by atoms with Crippen molar-refractivity contribution in [2.75, 3.05) is 0 Å². The minimum absolute atomic E-state index is 0.0579. The van der Waals surface area contributed by atoms with Crippen molar-refractivity contribution in [3.63, 3.8) is 0 Å². The maximum absolute atomic E-state index is 10.5. The van der Waals surface area contributed by atoms with E-state index in [1.54, 1.807) is 0 Å². The Balaban J connectivity index is 2.19. The molecule has 3 heteroatoms. The van der Waals surface area contributed by atoms with Gasteiger partial charge in [-0.05, 0) is 0 Å². The van der Waals surface area contributed by atoms with Crippen LogP contribution in [0.4, 0.5) is 0 Å². The molecule has 3 unspecified atom stereocenters. The van der Waals surface area contributed by atoms with Gasteiger partial charge in [0.1, 0.15) is 12.2 Å². The third-order valence-corrected chi connectivity index (χ3v) is 1.63. The van der Waals surface area contributed by atoms with Gasteiger partial charge in [0.25, 0.3) is 0 Å². The average Bonchev–Trinajstić information content (AvgIpc) is 2.35. The second kappa shape index (κ2) is 1.11. The van der Waals surface area contributed by atoms with Gasteiger partial charge in [0, 0.05) is 6.42 Å². The number of rotatable bonds is 0. The lowest BCUT2D eigenvalue weighted by Gasteiger charge is -1.95. The summed E-state index contributed by atoms with van der Waals surface area (Å²) in [6, 6.07) is 0. The summed E-state index contributed by atoms with van der Waals surface area (Å²) in [4.78, 5) is 10.5. The number of carbonyl (C=O) groups excluding carboxylic acids is 1. The zero-order valence-corrected chi connectivity index (χ0v) is 4.20. The number of aliphatic hydroxyl groups excluding tert-OH is 1. The molecule has 0 bridgehead atoms. The number of hydrogen-bond donors (Lipinski definition) is 1. The van der Waals surface area contributed by atoms with Gasteiger partial charge in [0.2, 0.25) is 0 Å². The van der Waals surface area contributed by atoms with Gasteiger partial charge in [-0.3, -0.25) is 4.79 Å². The zero-order chi connectivity index (χ0) is 5.72. The normalized spacial score (nSPS) is 51.6. The highest BCUT2D eigenvalue weighted by Crippen LogP contribution is 2.35. The van der Waals surface area contributed by atoms with E-state index in [4.69, 9.17) is 9.84 Å². The summed E-state index contributed by atoms with van der Waals surface area (Å²) in [6.07, 6.45) is -0.574. The van der Waals surface area contributed by atoms with Crippen LogP contribution in [0.2, 0.25) is 0 Å². The molecule has 0 aromatic carbocycles. The lowest BCUT2D eigenvalue weighted by Crippen LogP contribution is -2.10. The number of Topliss-reactive ketones (excluding diaryl/α,β-unsaturated/α-hetero) is 1. The second-order valence-corrected chi connectivity index (χ2v) is 2.26. The Morgan fingerprint density at radius 3 is 2.62 bits per heavy atom. The minimum Gasteiger partial charge on any atom is -0.390 e. The molecule has 0 spiro atoms. The van der Waals surface area contributed by atoms with Crippen molar-refractivity contribution < 1.29 is 14.6 Å². The first kappa shape index (κ1) is 4.47. The van der Waals surface area contributed by atoms with E-state index in [1.165, 1.54) is 0 Å². The van der Waals surface area contributed by atoms with E-state index in [1.807, 2.05) is 0 Å². The smallest absolute Gasteiger partial charge is 0.167 e. The molecule has 3 atom stereocenters. The third kappa shape index (κ3) is 0.381. The maximum Gasteiger partial charge on any atom is 0.167 e. The molecule has 1 N–H and O–H groups in total. The van der Waals surface area contributed by atoms with Crippen molar-refractivity contribution in [3.05, 3.63) is 0 Å². The quantitative estimate of drug-likeness (QED) is 0.415. The summed E-state index contributed by atoms with van der Waals surface area (Å²) in [5.74, 6) is 0.0579. The summed E-state index contributed by atoms with van der Waals surface area (Å²) in [6.45, 7) is 0. The Bertz CT molecular complexity index is 143. The molecule has 1 saturated carbocycles. The molecule has 0 amide bonds. The van der Waals surface area contributed by atoms with Crippen LogP contribution in [0.5, 0.6) is 0 Å². The van der Waals surface area contributed by atoms with Gasteiger partial charge >= 0.3 is 0 Å². The summed E-state index contributed by atoms with van der Waals surface area (Å²) in [5, 5.41) is 8.86. The number of ketones is 1. The number of hydrogen-bond acceptors (Lipinski definition) is 3. The van der Waals surface area contributed by atoms with Crippen molar-refractivity contribution >= 4 is 5.78 Å². The van der Waals surface area contributed by atoms with Gasteiger partial charge in [-0.2, -0.15) is 0 Å². The topological polar surface area (TPSA) is 49.8 Å². The van der Waals surface area contributed by atoms with Crippen LogP contribution in [0.25, 0.3) is 0 Å². The molecule has 3 nitrogen and oxygen atoms in total. The number of aliphatic hydroxyl groups is 1. The first-order valence-electron chi connectivity index (χ1n) is 2.65. The lowest BCUT2D eigenvalue weighted by molar-refractivity contribution is -0.121. The molecule has 1 saturated heterocycles. The van der Waals surface area contributed by atoms with Crippen molar-refractivity contribution in [2.45, 2.75) is 24.7 Å². The molecule has 2 aliphatic rings. The molecule has 1 aliphatic heterocycles. The van der Waals surface area contributed by atoms with Gasteiger partial charge < -0.3 is 9.84 Å². The summed E-state index contributed by atoms with van der Waals surface area (Å²) < 4.78 is 4.78. The highest BCUT2D eigenvalue weighted by atomic mass is 16.6. The third-order valence-electron chi connectivity index (χ3n) is 1.63. The van der Waals surface area contributed by atoms with E-state index in [0.29, 0.717) is 6.42 Å². The lowest BCUT2D eigenvalue weighted by atomic mass is 10.3. The van der Waals surface area contributed by atoms with E-state index < -0.39 is 6.10 Å². The fourth-order valence-corrected chi connectivity index (χ4v) is 1.11. The van der Waals surface area contributed by atoms with Gasteiger partial charge in [0.15, 0.2) is 5.78 Å². The van der Waals surface area contributed by atoms with Crippen LogP contribution >= 0.6 is 0 Å². The molecule has 44 valence electrons. The Morgan fingerprint density at radius 1 is 1.75 bits per heavy atom. The van der Waals surface area contributed by atoms with Crippen molar-refractivity contribution in [2.24, 2.45) is 0 Å². The van der Waals surface area contributed by atoms with Crippen LogP contribution < -0.4 is 0 Å². The van der Waals surface area contributed by atoms with E-state index in [2.05, 4.69) is 0 Å². The van der Waals surface area contributed by atoms with E-state index >= 15 is 0 Å². The van der Waals surface area contributed by atoms with E-state index in [0.717, 1.165) is 0 Å². The molecule has 8 heavy (non-hydrogen) atoms. The van der Waals surface area contributed by atoms with Crippen LogP contribution in [0.15, 0.2) is 0 Å². The fourth-order valence-electron chi connectivity index (χ4n) is 1.11. The molecule has 1 heterocycles. The van der Waals surface area contributed by atoms with Gasteiger partial charge in [-0.25, -0.2) is 0 Å². The molecule has 0 aromatic rings. The SMILES string of the molecule is O=C1CC(O)C2OC12. The summed E-state index contributed by atoms with van der Waals surface area (Å²) >= 11 is 0. The predicted octanol–water partition coefficient (Wildman–Crippen LogP) is -0.913. The van der Waals surface area contributed by atoms with Gasteiger partial charge in [0.05, 0.1) is 6.10 Å². The highest BCUT2D eigenvalue weighted by Gasteiger charge is 2.55. The van der Waals surface area contributed by atoms with Crippen molar-refractivity contribution in [3.8, 4) is 0 Å². The Morgan fingerprint density at radius 2 is 2.50 bits per heavy atom. The Kier molecular flexibility index (Phi) is 0.623. The molecule has 2 fully saturated rings. The van der Waals surface area contributed by atoms with Crippen LogP contribution in [-0.2, 0) is 9.53 Å². The average molecular weight is 114 g/mol. The number of ether oxygens (including phenoxy) is 1. The van der Waals surface area contributed by atoms with Crippen LogP contribution in [0.1, 0.15) is 6.42 Å². The molecule has 0 radical (unpaired) electrons. The Labute approximate surface area is 46.3 Å².